The van der Waals surface area contributed by atoms with Crippen molar-refractivity contribution in [3.63, 3.8) is 0 Å². The van der Waals surface area contributed by atoms with Gasteiger partial charge in [-0.3, -0.25) is 4.72 Å². The fraction of sp³-hybridized carbons (Fsp3) is 0.200. The smallest absolute Gasteiger partial charge is 0.237 e. The summed E-state index contributed by atoms with van der Waals surface area (Å²) in [6.45, 7) is 0.125. The van der Waals surface area contributed by atoms with Gasteiger partial charge in [-0.25, -0.2) is 18.1 Å². The van der Waals surface area contributed by atoms with Gasteiger partial charge in [0.05, 0.1) is 28.9 Å². The Labute approximate surface area is 184 Å². The number of hydrogen-bond donors (Lipinski definition) is 2. The van der Waals surface area contributed by atoms with Crippen LogP contribution in [0.1, 0.15) is 18.5 Å². The predicted octanol–water partition coefficient (Wildman–Crippen LogP) is 3.74. The Kier molecular flexibility index (Phi) is 5.73. The SMILES string of the molecule is NC(=NCc1cc(-c2ccc(Cl)cc2)n(-c2ccc(Cl)cc2)n1)NS(=O)(=O)C1CC1. The molecule has 0 amide bonds. The molecule has 1 saturated carbocycles. The van der Waals surface area contributed by atoms with E-state index in [-0.39, 0.29) is 17.8 Å². The number of rotatable bonds is 6. The lowest BCUT2D eigenvalue weighted by Gasteiger charge is -2.08. The Morgan fingerprint density at radius 2 is 1.70 bits per heavy atom. The minimum absolute atomic E-state index is 0.125. The molecule has 3 aromatic rings. The number of halogens is 2. The molecule has 0 aliphatic heterocycles. The Bertz CT molecular complexity index is 1120. The van der Waals surface area contributed by atoms with Gasteiger partial charge in [-0.1, -0.05) is 35.3 Å². The van der Waals surface area contributed by atoms with Crippen LogP contribution in [0.2, 0.25) is 10.0 Å². The third-order valence-corrected chi connectivity index (χ3v) is 6.94. The van der Waals surface area contributed by atoms with Crippen molar-refractivity contribution in [3.05, 3.63) is 70.3 Å². The van der Waals surface area contributed by atoms with E-state index in [2.05, 4.69) is 14.8 Å². The zero-order valence-corrected chi connectivity index (χ0v) is 18.1. The summed E-state index contributed by atoms with van der Waals surface area (Å²) in [5.41, 5.74) is 8.97. The maximum Gasteiger partial charge on any atom is 0.237 e. The van der Waals surface area contributed by atoms with Gasteiger partial charge in [0.15, 0.2) is 0 Å². The lowest BCUT2D eigenvalue weighted by atomic mass is 10.1. The van der Waals surface area contributed by atoms with Crippen LogP contribution in [0.25, 0.3) is 16.9 Å². The Balaban J connectivity index is 1.63. The van der Waals surface area contributed by atoms with Crippen LogP contribution in [-0.4, -0.2) is 29.4 Å². The normalized spacial score (nSPS) is 14.7. The molecule has 0 unspecified atom stereocenters. The van der Waals surface area contributed by atoms with Crippen LogP contribution < -0.4 is 10.5 Å². The number of sulfonamides is 1. The van der Waals surface area contributed by atoms with Crippen molar-refractivity contribution in [2.75, 3.05) is 0 Å². The lowest BCUT2D eigenvalue weighted by Crippen LogP contribution is -2.38. The minimum atomic E-state index is -3.44. The molecule has 7 nitrogen and oxygen atoms in total. The van der Waals surface area contributed by atoms with Crippen molar-refractivity contribution in [3.8, 4) is 16.9 Å². The number of benzene rings is 2. The second-order valence-electron chi connectivity index (χ2n) is 6.96. The summed E-state index contributed by atoms with van der Waals surface area (Å²) in [7, 11) is -3.44. The van der Waals surface area contributed by atoms with Gasteiger partial charge in [0.25, 0.3) is 0 Å². The maximum atomic E-state index is 12.0. The highest BCUT2D eigenvalue weighted by Gasteiger charge is 2.36. The molecular formula is C20H19Cl2N5O2S. The quantitative estimate of drug-likeness (QED) is 0.429. The van der Waals surface area contributed by atoms with Crippen molar-refractivity contribution >= 4 is 39.2 Å². The number of aliphatic imine (C=N–C) groups is 1. The molecule has 1 aliphatic rings. The second-order valence-corrected chi connectivity index (χ2v) is 9.80. The third-order valence-electron chi connectivity index (χ3n) is 4.59. The zero-order valence-electron chi connectivity index (χ0n) is 15.8. The van der Waals surface area contributed by atoms with Crippen molar-refractivity contribution in [1.29, 1.82) is 0 Å². The first kappa shape index (κ1) is 20.7. The minimum Gasteiger partial charge on any atom is -0.369 e. The van der Waals surface area contributed by atoms with Gasteiger partial charge in [-0.15, -0.1) is 0 Å². The molecule has 4 rings (SSSR count). The van der Waals surface area contributed by atoms with Crippen LogP contribution in [0.3, 0.4) is 0 Å². The molecule has 30 heavy (non-hydrogen) atoms. The van der Waals surface area contributed by atoms with Crippen molar-refractivity contribution < 1.29 is 8.42 Å². The van der Waals surface area contributed by atoms with E-state index in [1.807, 2.05) is 30.3 Å². The molecule has 3 N–H and O–H groups in total. The molecule has 2 aromatic carbocycles. The summed E-state index contributed by atoms with van der Waals surface area (Å²) in [6, 6.07) is 16.6. The molecule has 1 aromatic heterocycles. The Morgan fingerprint density at radius 1 is 1.10 bits per heavy atom. The van der Waals surface area contributed by atoms with Gasteiger partial charge in [-0.05, 0) is 55.3 Å². The van der Waals surface area contributed by atoms with Gasteiger partial charge in [0.1, 0.15) is 0 Å². The summed E-state index contributed by atoms with van der Waals surface area (Å²) < 4.78 is 28.1. The molecule has 0 radical (unpaired) electrons. The highest BCUT2D eigenvalue weighted by atomic mass is 35.5. The van der Waals surface area contributed by atoms with E-state index in [0.717, 1.165) is 16.9 Å². The molecule has 0 bridgehead atoms. The van der Waals surface area contributed by atoms with Crippen LogP contribution in [0.5, 0.6) is 0 Å². The topological polar surface area (TPSA) is 102 Å². The fourth-order valence-corrected chi connectivity index (χ4v) is 4.45. The van der Waals surface area contributed by atoms with Gasteiger partial charge in [0.2, 0.25) is 16.0 Å². The summed E-state index contributed by atoms with van der Waals surface area (Å²) in [5.74, 6) is -0.143. The number of nitrogens with zero attached hydrogens (tertiary/aromatic N) is 3. The predicted molar refractivity (Wildman–Crippen MR) is 119 cm³/mol. The largest absolute Gasteiger partial charge is 0.369 e. The van der Waals surface area contributed by atoms with Crippen LogP contribution in [0.15, 0.2) is 59.6 Å². The Hall–Kier alpha value is -2.55. The molecule has 156 valence electrons. The van der Waals surface area contributed by atoms with Crippen LogP contribution in [0, 0.1) is 0 Å². The van der Waals surface area contributed by atoms with Gasteiger partial charge in [-0.2, -0.15) is 5.10 Å². The van der Waals surface area contributed by atoms with Crippen LogP contribution >= 0.6 is 23.2 Å². The highest BCUT2D eigenvalue weighted by Crippen LogP contribution is 2.28. The van der Waals surface area contributed by atoms with Crippen molar-refractivity contribution in [1.82, 2.24) is 14.5 Å². The summed E-state index contributed by atoms with van der Waals surface area (Å²) in [4.78, 5) is 4.15. The number of aromatic nitrogens is 2. The third kappa shape index (κ3) is 4.77. The molecule has 0 atom stereocenters. The first-order valence-electron chi connectivity index (χ1n) is 9.24. The molecule has 10 heteroatoms. The highest BCUT2D eigenvalue weighted by molar-refractivity contribution is 7.90. The molecule has 1 aliphatic carbocycles. The number of nitrogens with one attached hydrogen (secondary N) is 1. The number of nitrogens with two attached hydrogens (primary N) is 1. The van der Waals surface area contributed by atoms with E-state index in [1.165, 1.54) is 0 Å². The molecule has 0 spiro atoms. The average Bonchev–Trinajstić information content (AvgIpc) is 3.49. The second kappa shape index (κ2) is 8.29. The molecule has 0 saturated heterocycles. The van der Waals surface area contributed by atoms with Crippen molar-refractivity contribution in [2.24, 2.45) is 10.7 Å². The van der Waals surface area contributed by atoms with E-state index >= 15 is 0 Å². The zero-order chi connectivity index (χ0) is 21.3. The van der Waals surface area contributed by atoms with Gasteiger partial charge >= 0.3 is 0 Å². The maximum absolute atomic E-state index is 12.0. The standard InChI is InChI=1S/C20H19Cl2N5O2S/c21-14-3-1-13(2-4-14)19-11-16(25-27(19)17-7-5-15(22)6-8-17)12-24-20(23)26-30(28,29)18-9-10-18/h1-8,11,18H,9-10,12H2,(H3,23,24,26). The Morgan fingerprint density at radius 3 is 2.30 bits per heavy atom. The van der Waals surface area contributed by atoms with Gasteiger partial charge < -0.3 is 5.73 Å². The van der Waals surface area contributed by atoms with E-state index in [9.17, 15) is 8.42 Å². The average molecular weight is 464 g/mol. The monoisotopic (exact) mass is 463 g/mol. The fourth-order valence-electron chi connectivity index (χ4n) is 2.92. The molecule has 1 heterocycles. The number of hydrogen-bond acceptors (Lipinski definition) is 4. The van der Waals surface area contributed by atoms with E-state index in [1.54, 1.807) is 28.9 Å². The van der Waals surface area contributed by atoms with E-state index in [0.29, 0.717) is 28.6 Å². The van der Waals surface area contributed by atoms with Gasteiger partial charge in [0, 0.05) is 15.6 Å². The molecular weight excluding hydrogens is 445 g/mol. The first-order chi connectivity index (χ1) is 14.3. The van der Waals surface area contributed by atoms with Crippen LogP contribution in [-0.2, 0) is 16.6 Å². The summed E-state index contributed by atoms with van der Waals surface area (Å²) in [5, 5.41) is 5.52. The summed E-state index contributed by atoms with van der Waals surface area (Å²) in [6.07, 6.45) is 1.30. The van der Waals surface area contributed by atoms with Crippen LogP contribution in [0.4, 0.5) is 0 Å². The lowest BCUT2D eigenvalue weighted by molar-refractivity contribution is 0.591. The molecule has 1 fully saturated rings. The van der Waals surface area contributed by atoms with Crippen molar-refractivity contribution in [2.45, 2.75) is 24.6 Å². The van der Waals surface area contributed by atoms with E-state index < -0.39 is 10.0 Å². The van der Waals surface area contributed by atoms with E-state index in [4.69, 9.17) is 28.9 Å². The summed E-state index contributed by atoms with van der Waals surface area (Å²) >= 11 is 12.0. The number of guanidine groups is 1. The first-order valence-corrected chi connectivity index (χ1v) is 11.5.